The Morgan fingerprint density at radius 3 is 2.50 bits per heavy atom. The molecule has 0 aromatic heterocycles. The van der Waals surface area contributed by atoms with E-state index >= 15 is 0 Å². The lowest BCUT2D eigenvalue weighted by molar-refractivity contribution is 0.00843. The topological polar surface area (TPSA) is 44.7 Å². The highest BCUT2D eigenvalue weighted by Gasteiger charge is 2.38. The molecule has 2 aliphatic heterocycles. The van der Waals surface area contributed by atoms with Crippen molar-refractivity contribution in [2.24, 2.45) is 5.92 Å². The summed E-state index contributed by atoms with van der Waals surface area (Å²) in [6, 6.07) is 9.17. The summed E-state index contributed by atoms with van der Waals surface area (Å²) < 4.78 is 5.94. The summed E-state index contributed by atoms with van der Waals surface area (Å²) in [4.78, 5) is 2.46. The number of nitrogens with zero attached hydrogens (tertiary/aromatic N) is 1. The van der Waals surface area contributed by atoms with Crippen LogP contribution in [0.5, 0.6) is 0 Å². The minimum Gasteiger partial charge on any atom is -0.389 e. The molecule has 3 atom stereocenters. The minimum atomic E-state index is -0.395. The number of piperidine rings is 1. The van der Waals surface area contributed by atoms with Crippen LogP contribution in [0.15, 0.2) is 24.3 Å². The van der Waals surface area contributed by atoms with Crippen LogP contribution in [-0.4, -0.2) is 60.5 Å². The Kier molecular flexibility index (Phi) is 4.90. The van der Waals surface area contributed by atoms with Crippen molar-refractivity contribution in [3.05, 3.63) is 35.4 Å². The quantitative estimate of drug-likeness (QED) is 0.880. The maximum absolute atomic E-state index is 10.7. The molecular weight excluding hydrogens is 300 g/mol. The zero-order valence-electron chi connectivity index (χ0n) is 14.7. The first kappa shape index (κ1) is 16.5. The first-order valence-electron chi connectivity index (χ1n) is 9.54. The van der Waals surface area contributed by atoms with Gasteiger partial charge in [0.05, 0.1) is 24.9 Å². The summed E-state index contributed by atoms with van der Waals surface area (Å²) in [6.45, 7) is 6.12. The van der Waals surface area contributed by atoms with Crippen LogP contribution < -0.4 is 5.32 Å². The van der Waals surface area contributed by atoms with Crippen LogP contribution in [0.25, 0.3) is 0 Å². The zero-order valence-corrected chi connectivity index (χ0v) is 14.7. The predicted molar refractivity (Wildman–Crippen MR) is 95.1 cm³/mol. The van der Waals surface area contributed by atoms with E-state index in [0.29, 0.717) is 12.6 Å². The van der Waals surface area contributed by atoms with E-state index in [1.54, 1.807) is 0 Å². The molecule has 2 saturated heterocycles. The fourth-order valence-corrected chi connectivity index (χ4v) is 4.47. The third kappa shape index (κ3) is 3.52. The lowest BCUT2D eigenvalue weighted by Gasteiger charge is -2.32. The molecule has 3 aliphatic rings. The fourth-order valence-electron chi connectivity index (χ4n) is 4.47. The number of benzene rings is 1. The Bertz CT molecular complexity index is 531. The second kappa shape index (κ2) is 7.12. The Morgan fingerprint density at radius 2 is 1.83 bits per heavy atom. The van der Waals surface area contributed by atoms with Crippen molar-refractivity contribution in [2.75, 3.05) is 26.2 Å². The highest BCUT2D eigenvalue weighted by atomic mass is 16.5. The number of hydrogen-bond acceptors (Lipinski definition) is 4. The van der Waals surface area contributed by atoms with Crippen molar-refractivity contribution < 1.29 is 9.84 Å². The average molecular weight is 330 g/mol. The summed E-state index contributed by atoms with van der Waals surface area (Å²) in [5.41, 5.74) is 2.89. The fraction of sp³-hybridized carbons (Fsp3) is 0.700. The highest BCUT2D eigenvalue weighted by Crippen LogP contribution is 2.25. The summed E-state index contributed by atoms with van der Waals surface area (Å²) in [6.07, 6.45) is 4.23. The van der Waals surface area contributed by atoms with E-state index in [2.05, 4.69) is 41.4 Å². The molecule has 0 saturated carbocycles. The van der Waals surface area contributed by atoms with E-state index in [9.17, 15) is 5.11 Å². The molecule has 132 valence electrons. The Balaban J connectivity index is 1.28. The summed E-state index contributed by atoms with van der Waals surface area (Å²) in [5, 5.41) is 14.3. The largest absolute Gasteiger partial charge is 0.389 e. The summed E-state index contributed by atoms with van der Waals surface area (Å²) >= 11 is 0. The van der Waals surface area contributed by atoms with Crippen LogP contribution >= 0.6 is 0 Å². The van der Waals surface area contributed by atoms with E-state index in [1.807, 2.05) is 0 Å². The molecule has 4 rings (SSSR count). The van der Waals surface area contributed by atoms with Gasteiger partial charge in [-0.05, 0) is 55.8 Å². The molecule has 2 heterocycles. The van der Waals surface area contributed by atoms with Gasteiger partial charge in [0.25, 0.3) is 0 Å². The molecule has 3 unspecified atom stereocenters. The van der Waals surface area contributed by atoms with Crippen molar-refractivity contribution >= 4 is 0 Å². The van der Waals surface area contributed by atoms with Gasteiger partial charge in [-0.3, -0.25) is 0 Å². The van der Waals surface area contributed by atoms with Crippen LogP contribution in [-0.2, 0) is 17.6 Å². The van der Waals surface area contributed by atoms with Crippen molar-refractivity contribution in [2.45, 2.75) is 56.9 Å². The number of fused-ring (bicyclic) bond motifs is 1. The monoisotopic (exact) mass is 330 g/mol. The van der Waals surface area contributed by atoms with E-state index < -0.39 is 6.10 Å². The van der Waals surface area contributed by atoms with Crippen molar-refractivity contribution in [3.8, 4) is 0 Å². The zero-order chi connectivity index (χ0) is 16.5. The molecule has 0 amide bonds. The van der Waals surface area contributed by atoms with Crippen LogP contribution in [0.3, 0.4) is 0 Å². The summed E-state index contributed by atoms with van der Waals surface area (Å²) in [5.74, 6) is 0.842. The molecule has 4 heteroatoms. The lowest BCUT2D eigenvalue weighted by Crippen LogP contribution is -2.49. The Morgan fingerprint density at radius 1 is 1.17 bits per heavy atom. The maximum atomic E-state index is 10.7. The average Bonchev–Trinajstić information content (AvgIpc) is 3.15. The number of ether oxygens (including phenoxy) is 1. The van der Waals surface area contributed by atoms with E-state index in [1.165, 1.54) is 24.0 Å². The van der Waals surface area contributed by atoms with Gasteiger partial charge in [-0.2, -0.15) is 0 Å². The van der Waals surface area contributed by atoms with Crippen LogP contribution in [0, 0.1) is 5.92 Å². The van der Waals surface area contributed by atoms with Crippen molar-refractivity contribution in [3.63, 3.8) is 0 Å². The van der Waals surface area contributed by atoms with E-state index in [4.69, 9.17) is 4.74 Å². The van der Waals surface area contributed by atoms with Crippen LogP contribution in [0.2, 0.25) is 0 Å². The minimum absolute atomic E-state index is 0.0420. The predicted octanol–water partition coefficient (Wildman–Crippen LogP) is 1.60. The number of rotatable bonds is 4. The molecule has 1 aromatic rings. The van der Waals surface area contributed by atoms with Gasteiger partial charge in [-0.25, -0.2) is 0 Å². The smallest absolute Gasteiger partial charge is 0.0989 e. The molecule has 1 aliphatic carbocycles. The first-order chi connectivity index (χ1) is 11.7. The van der Waals surface area contributed by atoms with Crippen molar-refractivity contribution in [1.82, 2.24) is 10.2 Å². The highest BCUT2D eigenvalue weighted by molar-refractivity contribution is 5.33. The first-order valence-corrected chi connectivity index (χ1v) is 9.54. The third-order valence-electron chi connectivity index (χ3n) is 6.10. The van der Waals surface area contributed by atoms with Gasteiger partial charge < -0.3 is 20.1 Å². The second-order valence-electron chi connectivity index (χ2n) is 7.99. The third-order valence-corrected chi connectivity index (χ3v) is 6.10. The van der Waals surface area contributed by atoms with Gasteiger partial charge >= 0.3 is 0 Å². The summed E-state index contributed by atoms with van der Waals surface area (Å²) in [7, 11) is 0. The number of aliphatic hydroxyl groups is 1. The Hall–Kier alpha value is -0.940. The number of nitrogens with one attached hydrogen (secondary N) is 1. The molecular formula is C20H30N2O2. The second-order valence-corrected chi connectivity index (χ2v) is 7.99. The van der Waals surface area contributed by atoms with E-state index in [0.717, 1.165) is 38.4 Å². The SMILES string of the molecule is CC1CCN(CC2OCC(NC3Cc4ccccc4C3)C2O)CC1. The molecule has 0 spiro atoms. The van der Waals surface area contributed by atoms with Crippen molar-refractivity contribution in [1.29, 1.82) is 0 Å². The van der Waals surface area contributed by atoms with Gasteiger partial charge in [0.1, 0.15) is 0 Å². The van der Waals surface area contributed by atoms with Gasteiger partial charge in [0, 0.05) is 12.6 Å². The number of aliphatic hydroxyl groups excluding tert-OH is 1. The molecule has 1 aromatic carbocycles. The molecule has 2 N–H and O–H groups in total. The molecule has 24 heavy (non-hydrogen) atoms. The number of likely N-dealkylation sites (tertiary alicyclic amines) is 1. The normalized spacial score (nSPS) is 32.3. The van der Waals surface area contributed by atoms with E-state index in [-0.39, 0.29) is 12.1 Å². The Labute approximate surface area is 145 Å². The van der Waals surface area contributed by atoms with Gasteiger partial charge in [0.15, 0.2) is 0 Å². The van der Waals surface area contributed by atoms with Crippen LogP contribution in [0.4, 0.5) is 0 Å². The standard InChI is InChI=1S/C20H30N2O2/c1-14-6-8-22(9-7-14)12-19-20(23)18(13-24-19)21-17-10-15-4-2-3-5-16(15)11-17/h2-5,14,17-21,23H,6-13H2,1H3. The maximum Gasteiger partial charge on any atom is 0.0989 e. The lowest BCUT2D eigenvalue weighted by atomic mass is 9.98. The van der Waals surface area contributed by atoms with Gasteiger partial charge in [-0.1, -0.05) is 31.2 Å². The molecule has 0 radical (unpaired) electrons. The molecule has 4 nitrogen and oxygen atoms in total. The molecule has 0 bridgehead atoms. The van der Waals surface area contributed by atoms with Gasteiger partial charge in [0.2, 0.25) is 0 Å². The molecule has 2 fully saturated rings. The number of hydrogen-bond donors (Lipinski definition) is 2. The van der Waals surface area contributed by atoms with Crippen LogP contribution in [0.1, 0.15) is 30.9 Å². The van der Waals surface area contributed by atoms with Gasteiger partial charge in [-0.15, -0.1) is 0 Å².